The molecule has 0 amide bonds. The van der Waals surface area contributed by atoms with E-state index in [4.69, 9.17) is 20.2 Å². The molecule has 29 heavy (non-hydrogen) atoms. The van der Waals surface area contributed by atoms with Crippen molar-refractivity contribution in [3.8, 4) is 11.5 Å². The number of nitrogen functional groups attached to an aromatic ring is 1. The number of fused-ring (bicyclic) bond motifs is 2. The SMILES string of the molecule is Nc1nccc2c1nc(Sc1cc3c(cc1Br)OCCO3)n2CCC1CCNC1. The first-order valence-corrected chi connectivity index (χ1v) is 11.4. The van der Waals surface area contributed by atoms with E-state index < -0.39 is 0 Å². The van der Waals surface area contributed by atoms with E-state index in [1.807, 2.05) is 18.2 Å². The number of aromatic nitrogens is 3. The first-order valence-electron chi connectivity index (χ1n) is 9.77. The van der Waals surface area contributed by atoms with Gasteiger partial charge in [-0.3, -0.25) is 0 Å². The molecule has 3 aromatic rings. The molecule has 1 fully saturated rings. The van der Waals surface area contributed by atoms with Crippen LogP contribution in [0.3, 0.4) is 0 Å². The second kappa shape index (κ2) is 8.04. The lowest BCUT2D eigenvalue weighted by atomic mass is 10.1. The maximum atomic E-state index is 6.12. The number of hydrogen-bond donors (Lipinski definition) is 2. The molecule has 1 saturated heterocycles. The number of imidazole rings is 1. The second-order valence-corrected chi connectivity index (χ2v) is 9.15. The molecule has 5 rings (SSSR count). The van der Waals surface area contributed by atoms with Crippen LogP contribution in [0, 0.1) is 5.92 Å². The van der Waals surface area contributed by atoms with Crippen LogP contribution in [0.5, 0.6) is 11.5 Å². The number of nitrogens with zero attached hydrogens (tertiary/aromatic N) is 3. The average molecular weight is 476 g/mol. The molecule has 1 unspecified atom stereocenters. The standard InChI is InChI=1S/C20H22BrN5O2S/c21-13-9-15-16(28-8-7-27-15)10-17(13)29-20-25-18-14(2-5-24-19(18)22)26(20)6-3-12-1-4-23-11-12/h2,5,9-10,12,23H,1,3-4,6-8,11H2,(H2,22,24). The molecule has 2 aliphatic rings. The number of nitrogens with one attached hydrogen (secondary N) is 1. The Morgan fingerprint density at radius 1 is 1.28 bits per heavy atom. The molecule has 1 atom stereocenters. The fourth-order valence-corrected chi connectivity index (χ4v) is 5.36. The molecule has 0 radical (unpaired) electrons. The lowest BCUT2D eigenvalue weighted by Gasteiger charge is -2.20. The molecule has 2 aliphatic heterocycles. The summed E-state index contributed by atoms with van der Waals surface area (Å²) in [6.45, 7) is 4.24. The van der Waals surface area contributed by atoms with Gasteiger partial charge in [0.05, 0.1) is 5.52 Å². The van der Waals surface area contributed by atoms with E-state index in [0.29, 0.717) is 24.9 Å². The van der Waals surface area contributed by atoms with Crippen LogP contribution in [0.25, 0.3) is 11.0 Å². The molecule has 2 aromatic heterocycles. The van der Waals surface area contributed by atoms with Gasteiger partial charge in [0.1, 0.15) is 18.7 Å². The van der Waals surface area contributed by atoms with Gasteiger partial charge in [0, 0.05) is 22.1 Å². The largest absolute Gasteiger partial charge is 0.486 e. The van der Waals surface area contributed by atoms with Crippen molar-refractivity contribution in [3.63, 3.8) is 0 Å². The smallest absolute Gasteiger partial charge is 0.174 e. The molecule has 0 saturated carbocycles. The Balaban J connectivity index is 1.50. The van der Waals surface area contributed by atoms with Gasteiger partial charge in [0.2, 0.25) is 0 Å². The van der Waals surface area contributed by atoms with Gasteiger partial charge < -0.3 is 25.1 Å². The molecule has 0 spiro atoms. The lowest BCUT2D eigenvalue weighted by Crippen LogP contribution is -2.15. The predicted octanol–water partition coefficient (Wildman–Crippen LogP) is 3.70. The molecule has 3 N–H and O–H groups in total. The van der Waals surface area contributed by atoms with Crippen molar-refractivity contribution in [2.24, 2.45) is 5.92 Å². The van der Waals surface area contributed by atoms with Crippen LogP contribution in [-0.4, -0.2) is 40.8 Å². The summed E-state index contributed by atoms with van der Waals surface area (Å²) in [4.78, 5) is 10.1. The summed E-state index contributed by atoms with van der Waals surface area (Å²) in [6, 6.07) is 5.97. The highest BCUT2D eigenvalue weighted by molar-refractivity contribution is 9.10. The molecule has 0 bridgehead atoms. The minimum Gasteiger partial charge on any atom is -0.486 e. The van der Waals surface area contributed by atoms with Gasteiger partial charge in [-0.25, -0.2) is 9.97 Å². The van der Waals surface area contributed by atoms with Gasteiger partial charge in [-0.15, -0.1) is 0 Å². The minimum absolute atomic E-state index is 0.465. The Bertz CT molecular complexity index is 1050. The van der Waals surface area contributed by atoms with Gasteiger partial charge in [-0.2, -0.15) is 0 Å². The van der Waals surface area contributed by atoms with Crippen molar-refractivity contribution < 1.29 is 9.47 Å². The third kappa shape index (κ3) is 3.78. The van der Waals surface area contributed by atoms with Crippen LogP contribution in [0.2, 0.25) is 0 Å². The summed E-state index contributed by atoms with van der Waals surface area (Å²) in [6.07, 6.45) is 4.09. The first-order chi connectivity index (χ1) is 14.2. The number of nitrogens with two attached hydrogens (primary N) is 1. The number of benzene rings is 1. The van der Waals surface area contributed by atoms with E-state index in [-0.39, 0.29) is 0 Å². The van der Waals surface area contributed by atoms with Crippen molar-refractivity contribution in [2.75, 3.05) is 32.0 Å². The van der Waals surface area contributed by atoms with Gasteiger partial charge in [-0.1, -0.05) is 11.8 Å². The fourth-order valence-electron chi connectivity index (χ4n) is 3.84. The van der Waals surface area contributed by atoms with E-state index in [0.717, 1.165) is 63.1 Å². The van der Waals surface area contributed by atoms with Gasteiger partial charge in [0.25, 0.3) is 0 Å². The third-order valence-electron chi connectivity index (χ3n) is 5.38. The summed E-state index contributed by atoms with van der Waals surface area (Å²) in [5.41, 5.74) is 7.90. The van der Waals surface area contributed by atoms with E-state index in [2.05, 4.69) is 30.8 Å². The average Bonchev–Trinajstić information content (AvgIpc) is 3.35. The minimum atomic E-state index is 0.465. The maximum absolute atomic E-state index is 6.12. The Morgan fingerprint density at radius 3 is 2.90 bits per heavy atom. The quantitative estimate of drug-likeness (QED) is 0.581. The van der Waals surface area contributed by atoms with E-state index in [9.17, 15) is 0 Å². The van der Waals surface area contributed by atoms with E-state index in [1.54, 1.807) is 18.0 Å². The van der Waals surface area contributed by atoms with Gasteiger partial charge in [0.15, 0.2) is 22.5 Å². The number of hydrogen-bond acceptors (Lipinski definition) is 7. The summed E-state index contributed by atoms with van der Waals surface area (Å²) in [7, 11) is 0. The summed E-state index contributed by atoms with van der Waals surface area (Å²) < 4.78 is 14.7. The number of rotatable bonds is 5. The fraction of sp³-hybridized carbons (Fsp3) is 0.400. The zero-order valence-electron chi connectivity index (χ0n) is 15.9. The molecule has 152 valence electrons. The normalized spacial score (nSPS) is 18.4. The molecular weight excluding hydrogens is 454 g/mol. The molecule has 9 heteroatoms. The summed E-state index contributed by atoms with van der Waals surface area (Å²) >= 11 is 5.27. The molecular formula is C20H22BrN5O2S. The topological polar surface area (TPSA) is 87.2 Å². The number of anilines is 1. The Morgan fingerprint density at radius 2 is 2.10 bits per heavy atom. The molecule has 7 nitrogen and oxygen atoms in total. The van der Waals surface area contributed by atoms with Crippen LogP contribution in [0.1, 0.15) is 12.8 Å². The van der Waals surface area contributed by atoms with Crippen molar-refractivity contribution in [1.29, 1.82) is 0 Å². The van der Waals surface area contributed by atoms with Crippen LogP contribution >= 0.6 is 27.7 Å². The molecule has 0 aliphatic carbocycles. The highest BCUT2D eigenvalue weighted by Gasteiger charge is 2.21. The van der Waals surface area contributed by atoms with Gasteiger partial charge >= 0.3 is 0 Å². The van der Waals surface area contributed by atoms with Crippen LogP contribution in [0.4, 0.5) is 5.82 Å². The number of halogens is 1. The first kappa shape index (κ1) is 19.0. The van der Waals surface area contributed by atoms with Crippen molar-refractivity contribution >= 4 is 44.5 Å². The molecule has 4 heterocycles. The second-order valence-electron chi connectivity index (χ2n) is 7.29. The van der Waals surface area contributed by atoms with Crippen molar-refractivity contribution in [2.45, 2.75) is 29.4 Å². The Hall–Kier alpha value is -1.97. The van der Waals surface area contributed by atoms with E-state index >= 15 is 0 Å². The Labute approximate surface area is 181 Å². The zero-order chi connectivity index (χ0) is 19.8. The summed E-state index contributed by atoms with van der Waals surface area (Å²) in [5.74, 6) is 2.70. The maximum Gasteiger partial charge on any atom is 0.174 e. The van der Waals surface area contributed by atoms with Crippen molar-refractivity contribution in [3.05, 3.63) is 28.9 Å². The third-order valence-corrected chi connectivity index (χ3v) is 7.35. The van der Waals surface area contributed by atoms with Crippen molar-refractivity contribution in [1.82, 2.24) is 19.9 Å². The van der Waals surface area contributed by atoms with Crippen LogP contribution < -0.4 is 20.5 Å². The molecule has 1 aromatic carbocycles. The van der Waals surface area contributed by atoms with Gasteiger partial charge in [-0.05, 0) is 66.0 Å². The van der Waals surface area contributed by atoms with Crippen LogP contribution in [-0.2, 0) is 6.54 Å². The Kier molecular flexibility index (Phi) is 5.28. The highest BCUT2D eigenvalue weighted by atomic mass is 79.9. The summed E-state index contributed by atoms with van der Waals surface area (Å²) in [5, 5.41) is 4.35. The number of pyridine rings is 1. The number of ether oxygens (including phenoxy) is 2. The predicted molar refractivity (Wildman–Crippen MR) is 117 cm³/mol. The zero-order valence-corrected chi connectivity index (χ0v) is 18.3. The van der Waals surface area contributed by atoms with E-state index in [1.165, 1.54) is 6.42 Å². The lowest BCUT2D eigenvalue weighted by molar-refractivity contribution is 0.171. The highest BCUT2D eigenvalue weighted by Crippen LogP contribution is 2.42. The number of aryl methyl sites for hydroxylation is 1. The van der Waals surface area contributed by atoms with Crippen LogP contribution in [0.15, 0.2) is 38.9 Å². The monoisotopic (exact) mass is 475 g/mol.